The smallest absolute Gasteiger partial charge is 0.408 e. The lowest BCUT2D eigenvalue weighted by molar-refractivity contribution is -0.122. The van der Waals surface area contributed by atoms with E-state index in [1.165, 1.54) is 11.0 Å². The highest BCUT2D eigenvalue weighted by Gasteiger charge is 2.32. The lowest BCUT2D eigenvalue weighted by Gasteiger charge is -2.39. The first-order valence-corrected chi connectivity index (χ1v) is 8.72. The van der Waals surface area contributed by atoms with Gasteiger partial charge in [-0.2, -0.15) is 0 Å². The Labute approximate surface area is 142 Å². The van der Waals surface area contributed by atoms with Gasteiger partial charge in [0.15, 0.2) is 5.58 Å². The largest absolute Gasteiger partial charge is 0.419 e. The number of amides is 1. The third kappa shape index (κ3) is 3.71. The van der Waals surface area contributed by atoms with Crippen LogP contribution in [0.3, 0.4) is 0 Å². The predicted molar refractivity (Wildman–Crippen MR) is 93.8 cm³/mol. The summed E-state index contributed by atoms with van der Waals surface area (Å²) in [7, 11) is 0. The standard InChI is InChI=1S/C19H26N2O3/c1-13-10-14(12-19(2,3)11-13)20-17(22)8-9-21-15-6-4-5-7-16(15)24-18(21)23/h4-7,13-14H,8-12H2,1-3H3,(H,20,22)/t13-,14-/m1/s1. The van der Waals surface area contributed by atoms with E-state index < -0.39 is 5.76 Å². The summed E-state index contributed by atoms with van der Waals surface area (Å²) in [4.78, 5) is 24.2. The summed E-state index contributed by atoms with van der Waals surface area (Å²) in [6.07, 6.45) is 3.53. The molecule has 0 bridgehead atoms. The molecule has 5 heteroatoms. The average molecular weight is 330 g/mol. The number of aromatic nitrogens is 1. The number of nitrogens with zero attached hydrogens (tertiary/aromatic N) is 1. The first-order chi connectivity index (χ1) is 11.3. The van der Waals surface area contributed by atoms with Gasteiger partial charge in [-0.15, -0.1) is 0 Å². The van der Waals surface area contributed by atoms with Gasteiger partial charge in [0, 0.05) is 19.0 Å². The molecule has 2 aromatic rings. The Morgan fingerprint density at radius 2 is 2.08 bits per heavy atom. The second-order valence-electron chi connectivity index (χ2n) is 7.92. The summed E-state index contributed by atoms with van der Waals surface area (Å²) >= 11 is 0. The van der Waals surface area contributed by atoms with Gasteiger partial charge in [-0.1, -0.05) is 32.9 Å². The molecule has 1 fully saturated rings. The molecule has 130 valence electrons. The quantitative estimate of drug-likeness (QED) is 0.935. The van der Waals surface area contributed by atoms with Crippen molar-refractivity contribution >= 4 is 17.0 Å². The van der Waals surface area contributed by atoms with Crippen LogP contribution in [0.2, 0.25) is 0 Å². The van der Waals surface area contributed by atoms with Crippen LogP contribution in [-0.4, -0.2) is 16.5 Å². The number of oxazole rings is 1. The number of aryl methyl sites for hydroxylation is 1. The van der Waals surface area contributed by atoms with Gasteiger partial charge < -0.3 is 9.73 Å². The van der Waals surface area contributed by atoms with Crippen LogP contribution in [0.25, 0.3) is 11.1 Å². The Bertz CT molecular complexity index is 787. The van der Waals surface area contributed by atoms with Crippen molar-refractivity contribution in [2.24, 2.45) is 11.3 Å². The van der Waals surface area contributed by atoms with Crippen molar-refractivity contribution in [1.82, 2.24) is 9.88 Å². The summed E-state index contributed by atoms with van der Waals surface area (Å²) < 4.78 is 6.73. The number of carbonyl (C=O) groups excluding carboxylic acids is 1. The maximum absolute atomic E-state index is 12.3. The van der Waals surface area contributed by atoms with Gasteiger partial charge in [0.1, 0.15) is 0 Å². The second-order valence-corrected chi connectivity index (χ2v) is 7.92. The van der Waals surface area contributed by atoms with Crippen molar-refractivity contribution < 1.29 is 9.21 Å². The van der Waals surface area contributed by atoms with Crippen molar-refractivity contribution in [2.75, 3.05) is 0 Å². The number of para-hydroxylation sites is 2. The van der Waals surface area contributed by atoms with E-state index in [0.29, 0.717) is 18.0 Å². The van der Waals surface area contributed by atoms with E-state index >= 15 is 0 Å². The van der Waals surface area contributed by atoms with Gasteiger partial charge in [0.05, 0.1) is 5.52 Å². The number of carbonyl (C=O) groups is 1. The van der Waals surface area contributed by atoms with E-state index in [2.05, 4.69) is 26.1 Å². The monoisotopic (exact) mass is 330 g/mol. The number of hydrogen-bond acceptors (Lipinski definition) is 3. The topological polar surface area (TPSA) is 64.2 Å². The molecule has 0 saturated heterocycles. The molecule has 0 spiro atoms. The first-order valence-electron chi connectivity index (χ1n) is 8.72. The van der Waals surface area contributed by atoms with Crippen LogP contribution in [0, 0.1) is 11.3 Å². The minimum Gasteiger partial charge on any atom is -0.408 e. The number of hydrogen-bond donors (Lipinski definition) is 1. The van der Waals surface area contributed by atoms with E-state index in [9.17, 15) is 9.59 Å². The van der Waals surface area contributed by atoms with Gasteiger partial charge in [-0.05, 0) is 42.7 Å². The van der Waals surface area contributed by atoms with Gasteiger partial charge >= 0.3 is 5.76 Å². The normalized spacial score (nSPS) is 23.3. The average Bonchev–Trinajstić information content (AvgIpc) is 2.78. The molecule has 1 amide bonds. The molecule has 0 aliphatic heterocycles. The van der Waals surface area contributed by atoms with Crippen LogP contribution < -0.4 is 11.1 Å². The number of nitrogens with one attached hydrogen (secondary N) is 1. The Morgan fingerprint density at radius 1 is 1.33 bits per heavy atom. The fourth-order valence-electron chi connectivity index (χ4n) is 4.19. The van der Waals surface area contributed by atoms with Crippen LogP contribution >= 0.6 is 0 Å². The van der Waals surface area contributed by atoms with Crippen LogP contribution in [0.1, 0.15) is 46.5 Å². The SMILES string of the molecule is C[C@@H]1C[C@@H](NC(=O)CCn2c(=O)oc3ccccc32)CC(C)(C)C1. The van der Waals surface area contributed by atoms with Crippen molar-refractivity contribution in [2.45, 2.75) is 59.0 Å². The molecule has 1 heterocycles. The molecule has 2 atom stereocenters. The Kier molecular flexibility index (Phi) is 4.52. The molecule has 1 aromatic heterocycles. The van der Waals surface area contributed by atoms with Gasteiger partial charge in [-0.3, -0.25) is 9.36 Å². The fourth-order valence-corrected chi connectivity index (χ4v) is 4.19. The Morgan fingerprint density at radius 3 is 2.83 bits per heavy atom. The van der Waals surface area contributed by atoms with Crippen LogP contribution in [0.5, 0.6) is 0 Å². The Hall–Kier alpha value is -2.04. The second kappa shape index (κ2) is 6.46. The maximum Gasteiger partial charge on any atom is 0.419 e. The molecule has 0 radical (unpaired) electrons. The van der Waals surface area contributed by atoms with E-state index in [0.717, 1.165) is 18.4 Å². The molecule has 1 aliphatic carbocycles. The third-order valence-electron chi connectivity index (χ3n) is 4.89. The number of rotatable bonds is 4. The van der Waals surface area contributed by atoms with Gasteiger partial charge in [0.25, 0.3) is 0 Å². The molecule has 1 N–H and O–H groups in total. The zero-order chi connectivity index (χ0) is 17.3. The highest BCUT2D eigenvalue weighted by Crippen LogP contribution is 2.38. The van der Waals surface area contributed by atoms with Gasteiger partial charge in [0.2, 0.25) is 5.91 Å². The minimum absolute atomic E-state index is 0.00193. The van der Waals surface area contributed by atoms with E-state index in [-0.39, 0.29) is 23.8 Å². The molecular formula is C19H26N2O3. The highest BCUT2D eigenvalue weighted by atomic mass is 16.4. The molecule has 1 saturated carbocycles. The summed E-state index contributed by atoms with van der Waals surface area (Å²) in [6.45, 7) is 7.11. The summed E-state index contributed by atoms with van der Waals surface area (Å²) in [5.74, 6) is 0.220. The van der Waals surface area contributed by atoms with Crippen LogP contribution in [0.15, 0.2) is 33.5 Å². The van der Waals surface area contributed by atoms with Crippen molar-refractivity contribution in [3.63, 3.8) is 0 Å². The molecule has 1 aliphatic rings. The van der Waals surface area contributed by atoms with Crippen molar-refractivity contribution in [3.8, 4) is 0 Å². The molecule has 1 aromatic carbocycles. The van der Waals surface area contributed by atoms with E-state index in [4.69, 9.17) is 4.42 Å². The number of benzene rings is 1. The molecular weight excluding hydrogens is 304 g/mol. The number of fused-ring (bicyclic) bond motifs is 1. The zero-order valence-corrected chi connectivity index (χ0v) is 14.7. The van der Waals surface area contributed by atoms with Crippen molar-refractivity contribution in [3.05, 3.63) is 34.8 Å². The third-order valence-corrected chi connectivity index (χ3v) is 4.89. The first kappa shape index (κ1) is 16.8. The summed E-state index contributed by atoms with van der Waals surface area (Å²) in [6, 6.07) is 7.52. The van der Waals surface area contributed by atoms with Crippen LogP contribution in [0.4, 0.5) is 0 Å². The molecule has 3 rings (SSSR count). The minimum atomic E-state index is -0.406. The molecule has 5 nitrogen and oxygen atoms in total. The predicted octanol–water partition coefficient (Wildman–Crippen LogP) is 3.32. The zero-order valence-electron chi connectivity index (χ0n) is 14.7. The lowest BCUT2D eigenvalue weighted by atomic mass is 9.70. The van der Waals surface area contributed by atoms with Gasteiger partial charge in [-0.25, -0.2) is 4.79 Å². The van der Waals surface area contributed by atoms with E-state index in [1.54, 1.807) is 6.07 Å². The summed E-state index contributed by atoms with van der Waals surface area (Å²) in [5.41, 5.74) is 1.57. The summed E-state index contributed by atoms with van der Waals surface area (Å²) in [5, 5.41) is 3.15. The maximum atomic E-state index is 12.3. The Balaban J connectivity index is 1.61. The van der Waals surface area contributed by atoms with E-state index in [1.807, 2.05) is 18.2 Å². The molecule has 24 heavy (non-hydrogen) atoms. The van der Waals surface area contributed by atoms with Crippen LogP contribution in [-0.2, 0) is 11.3 Å². The molecule has 0 unspecified atom stereocenters. The highest BCUT2D eigenvalue weighted by molar-refractivity contribution is 5.77. The fraction of sp³-hybridized carbons (Fsp3) is 0.579. The van der Waals surface area contributed by atoms with Crippen molar-refractivity contribution in [1.29, 1.82) is 0 Å². The lowest BCUT2D eigenvalue weighted by Crippen LogP contribution is -2.43.